The average Bonchev–Trinajstić information content (AvgIpc) is 2.80. The number of hydrogen-bond donors (Lipinski definition) is 0. The minimum atomic E-state index is -3.71. The maximum Gasteiger partial charge on any atom is 0.243 e. The van der Waals surface area contributed by atoms with Crippen molar-refractivity contribution in [2.75, 3.05) is 25.2 Å². The van der Waals surface area contributed by atoms with Crippen molar-refractivity contribution in [1.82, 2.24) is 4.31 Å². The molecule has 8 heteroatoms. The highest BCUT2D eigenvalue weighted by molar-refractivity contribution is 7.92. The molecule has 0 spiro atoms. The molecule has 6 nitrogen and oxygen atoms in total. The molecule has 124 valence electrons. The monoisotopic (exact) mass is 347 g/mol. The first-order valence-electron chi connectivity index (χ1n) is 7.09. The Balaban J connectivity index is 2.28. The van der Waals surface area contributed by atoms with E-state index in [2.05, 4.69) is 0 Å². The SMILES string of the molecule is CCOc1ccc(S(=O)(=O)N(C)C2CCS(=O)(=O)C2)cc1C. The van der Waals surface area contributed by atoms with Crippen LogP contribution in [0.2, 0.25) is 0 Å². The van der Waals surface area contributed by atoms with Gasteiger partial charge in [0, 0.05) is 13.1 Å². The summed E-state index contributed by atoms with van der Waals surface area (Å²) >= 11 is 0. The van der Waals surface area contributed by atoms with Crippen molar-refractivity contribution in [3.05, 3.63) is 23.8 Å². The molecule has 0 aromatic heterocycles. The van der Waals surface area contributed by atoms with E-state index in [1.54, 1.807) is 19.1 Å². The lowest BCUT2D eigenvalue weighted by Crippen LogP contribution is -2.37. The van der Waals surface area contributed by atoms with E-state index in [4.69, 9.17) is 4.74 Å². The third-order valence-electron chi connectivity index (χ3n) is 3.85. The van der Waals surface area contributed by atoms with E-state index in [0.29, 0.717) is 18.8 Å². The van der Waals surface area contributed by atoms with Crippen LogP contribution in [0, 0.1) is 6.92 Å². The lowest BCUT2D eigenvalue weighted by Gasteiger charge is -2.23. The molecule has 0 bridgehead atoms. The first-order valence-corrected chi connectivity index (χ1v) is 10.4. The molecule has 0 amide bonds. The molecule has 1 heterocycles. The summed E-state index contributed by atoms with van der Waals surface area (Å²) in [5.74, 6) is 0.575. The summed E-state index contributed by atoms with van der Waals surface area (Å²) in [5.41, 5.74) is 0.732. The zero-order valence-corrected chi connectivity index (χ0v) is 14.6. The maximum absolute atomic E-state index is 12.6. The summed E-state index contributed by atoms with van der Waals surface area (Å²) in [6.07, 6.45) is 0.341. The van der Waals surface area contributed by atoms with Crippen molar-refractivity contribution in [3.63, 3.8) is 0 Å². The summed E-state index contributed by atoms with van der Waals surface area (Å²) in [6, 6.07) is 4.18. The van der Waals surface area contributed by atoms with Gasteiger partial charge in [-0.25, -0.2) is 16.8 Å². The molecule has 1 aliphatic heterocycles. The minimum absolute atomic E-state index is 0.0415. The average molecular weight is 347 g/mol. The molecule has 1 aromatic carbocycles. The van der Waals surface area contributed by atoms with E-state index in [0.717, 1.165) is 5.56 Å². The molecule has 0 saturated carbocycles. The molecule has 0 N–H and O–H groups in total. The van der Waals surface area contributed by atoms with E-state index in [9.17, 15) is 16.8 Å². The van der Waals surface area contributed by atoms with Crippen LogP contribution in [0.25, 0.3) is 0 Å². The fraction of sp³-hybridized carbons (Fsp3) is 0.571. The Morgan fingerprint density at radius 2 is 2.05 bits per heavy atom. The predicted molar refractivity (Wildman–Crippen MR) is 84.4 cm³/mol. The summed E-state index contributed by atoms with van der Waals surface area (Å²) < 4.78 is 54.9. The van der Waals surface area contributed by atoms with Crippen LogP contribution in [0.4, 0.5) is 0 Å². The van der Waals surface area contributed by atoms with Gasteiger partial charge in [-0.3, -0.25) is 0 Å². The highest BCUT2D eigenvalue weighted by Gasteiger charge is 2.36. The van der Waals surface area contributed by atoms with Gasteiger partial charge in [0.25, 0.3) is 0 Å². The van der Waals surface area contributed by atoms with Gasteiger partial charge < -0.3 is 4.74 Å². The fourth-order valence-corrected chi connectivity index (χ4v) is 5.86. The summed E-state index contributed by atoms with van der Waals surface area (Å²) in [5, 5.41) is 0. The molecule has 2 rings (SSSR count). The summed E-state index contributed by atoms with van der Waals surface area (Å²) in [6.45, 7) is 4.15. The van der Waals surface area contributed by atoms with Gasteiger partial charge in [-0.1, -0.05) is 0 Å². The van der Waals surface area contributed by atoms with Gasteiger partial charge in [0.15, 0.2) is 9.84 Å². The minimum Gasteiger partial charge on any atom is -0.494 e. The number of sulfonamides is 1. The fourth-order valence-electron chi connectivity index (χ4n) is 2.52. The van der Waals surface area contributed by atoms with Crippen LogP contribution < -0.4 is 4.74 Å². The number of aryl methyl sites for hydroxylation is 1. The Morgan fingerprint density at radius 3 is 2.55 bits per heavy atom. The lowest BCUT2D eigenvalue weighted by atomic mass is 10.2. The number of benzene rings is 1. The van der Waals surface area contributed by atoms with Crippen molar-refractivity contribution in [2.24, 2.45) is 0 Å². The largest absolute Gasteiger partial charge is 0.494 e. The molecule has 22 heavy (non-hydrogen) atoms. The van der Waals surface area contributed by atoms with Crippen molar-refractivity contribution >= 4 is 19.9 Å². The van der Waals surface area contributed by atoms with Crippen LogP contribution in [0.15, 0.2) is 23.1 Å². The van der Waals surface area contributed by atoms with Crippen molar-refractivity contribution in [1.29, 1.82) is 0 Å². The molecule has 1 saturated heterocycles. The van der Waals surface area contributed by atoms with E-state index < -0.39 is 25.9 Å². The maximum atomic E-state index is 12.6. The Hall–Kier alpha value is -1.12. The molecule has 1 unspecified atom stereocenters. The second kappa shape index (κ2) is 6.17. The first-order chi connectivity index (χ1) is 10.2. The topological polar surface area (TPSA) is 80.8 Å². The predicted octanol–water partition coefficient (Wildman–Crippen LogP) is 1.20. The van der Waals surface area contributed by atoms with Gasteiger partial charge in [0.1, 0.15) is 5.75 Å². The second-order valence-corrected chi connectivity index (χ2v) is 9.66. The van der Waals surface area contributed by atoms with E-state index >= 15 is 0 Å². The van der Waals surface area contributed by atoms with Gasteiger partial charge in [-0.15, -0.1) is 0 Å². The van der Waals surface area contributed by atoms with Crippen LogP contribution in [0.5, 0.6) is 5.75 Å². The van der Waals surface area contributed by atoms with Crippen LogP contribution in [0.3, 0.4) is 0 Å². The zero-order valence-electron chi connectivity index (χ0n) is 12.9. The number of hydrogen-bond acceptors (Lipinski definition) is 5. The van der Waals surface area contributed by atoms with Gasteiger partial charge in [-0.05, 0) is 44.0 Å². The van der Waals surface area contributed by atoms with Crippen molar-refractivity contribution in [2.45, 2.75) is 31.2 Å². The number of rotatable bonds is 5. The van der Waals surface area contributed by atoms with E-state index in [1.165, 1.54) is 17.4 Å². The van der Waals surface area contributed by atoms with Crippen molar-refractivity contribution in [3.8, 4) is 5.75 Å². The normalized spacial score (nSPS) is 21.2. The Labute approximate surface area is 132 Å². The van der Waals surface area contributed by atoms with Crippen LogP contribution in [-0.2, 0) is 19.9 Å². The van der Waals surface area contributed by atoms with E-state index in [1.807, 2.05) is 6.92 Å². The second-order valence-electron chi connectivity index (χ2n) is 5.44. The van der Waals surface area contributed by atoms with Gasteiger partial charge in [0.05, 0.1) is 23.0 Å². The third kappa shape index (κ3) is 3.44. The molecule has 1 aromatic rings. The summed E-state index contributed by atoms with van der Waals surface area (Å²) in [4.78, 5) is 0.153. The Kier molecular flexibility index (Phi) is 4.84. The summed E-state index contributed by atoms with van der Waals surface area (Å²) in [7, 11) is -5.41. The van der Waals surface area contributed by atoms with Gasteiger partial charge >= 0.3 is 0 Å². The first kappa shape index (κ1) is 17.2. The number of ether oxygens (including phenoxy) is 1. The molecule has 1 aliphatic rings. The number of nitrogens with zero attached hydrogens (tertiary/aromatic N) is 1. The van der Waals surface area contributed by atoms with Crippen LogP contribution in [-0.4, -0.2) is 52.3 Å². The van der Waals surface area contributed by atoms with E-state index in [-0.39, 0.29) is 16.4 Å². The van der Waals surface area contributed by atoms with Crippen molar-refractivity contribution < 1.29 is 21.6 Å². The number of sulfone groups is 1. The zero-order chi connectivity index (χ0) is 16.5. The highest BCUT2D eigenvalue weighted by atomic mass is 32.2. The molecule has 1 fully saturated rings. The quantitative estimate of drug-likeness (QED) is 0.799. The molecule has 0 aliphatic carbocycles. The molecular weight excluding hydrogens is 326 g/mol. The van der Waals surface area contributed by atoms with Gasteiger partial charge in [-0.2, -0.15) is 4.31 Å². The van der Waals surface area contributed by atoms with Gasteiger partial charge in [0.2, 0.25) is 10.0 Å². The Bertz CT molecular complexity index is 755. The smallest absolute Gasteiger partial charge is 0.243 e. The highest BCUT2D eigenvalue weighted by Crippen LogP contribution is 2.27. The Morgan fingerprint density at radius 1 is 1.36 bits per heavy atom. The molecule has 0 radical (unpaired) electrons. The molecule has 1 atom stereocenters. The third-order valence-corrected chi connectivity index (χ3v) is 7.50. The molecular formula is C14H21NO5S2. The lowest BCUT2D eigenvalue weighted by molar-refractivity contribution is 0.337. The van der Waals surface area contributed by atoms with Crippen LogP contribution in [0.1, 0.15) is 18.9 Å². The standard InChI is InChI=1S/C14H21NO5S2/c1-4-20-14-6-5-13(9-11(14)2)22(18,19)15(3)12-7-8-21(16,17)10-12/h5-6,9,12H,4,7-8,10H2,1-3H3. The van der Waals surface area contributed by atoms with Crippen LogP contribution >= 0.6 is 0 Å².